The zero-order valence-electron chi connectivity index (χ0n) is 26.7. The average molecular weight is 636 g/mol. The molecule has 2 heterocycles. The maximum atomic E-state index is 9.65. The third kappa shape index (κ3) is 4.38. The molecule has 0 fully saturated rings. The maximum absolute atomic E-state index is 9.65. The van der Waals surface area contributed by atoms with Gasteiger partial charge in [0.15, 0.2) is 5.69 Å². The van der Waals surface area contributed by atoms with Gasteiger partial charge in [0, 0.05) is 33.1 Å². The number of aromatic nitrogens is 2. The molecular formula is C45H25N5. The van der Waals surface area contributed by atoms with Crippen molar-refractivity contribution in [2.75, 3.05) is 0 Å². The Labute approximate surface area is 288 Å². The summed E-state index contributed by atoms with van der Waals surface area (Å²) < 4.78 is 4.39. The third-order valence-electron chi connectivity index (χ3n) is 9.60. The molecule has 0 saturated carbocycles. The first-order valence-corrected chi connectivity index (χ1v) is 16.2. The van der Waals surface area contributed by atoms with E-state index in [1.54, 1.807) is 6.07 Å². The van der Waals surface area contributed by atoms with Crippen molar-refractivity contribution < 1.29 is 0 Å². The van der Waals surface area contributed by atoms with Crippen LogP contribution in [0.3, 0.4) is 0 Å². The van der Waals surface area contributed by atoms with Gasteiger partial charge in [0.2, 0.25) is 5.69 Å². The first kappa shape index (κ1) is 28.8. The molecule has 0 aliphatic rings. The van der Waals surface area contributed by atoms with Gasteiger partial charge < -0.3 is 9.13 Å². The maximum Gasteiger partial charge on any atom is 0.211 e. The second-order valence-corrected chi connectivity index (χ2v) is 12.3. The summed E-state index contributed by atoms with van der Waals surface area (Å²) in [6.07, 6.45) is 0. The molecular weight excluding hydrogens is 611 g/mol. The van der Waals surface area contributed by atoms with Crippen LogP contribution < -0.4 is 0 Å². The lowest BCUT2D eigenvalue weighted by atomic mass is 9.98. The van der Waals surface area contributed by atoms with E-state index < -0.39 is 0 Å². The summed E-state index contributed by atoms with van der Waals surface area (Å²) in [5.41, 5.74) is 11.6. The molecule has 0 N–H and O–H groups in total. The monoisotopic (exact) mass is 635 g/mol. The molecule has 7 aromatic carbocycles. The number of hydrogen-bond acceptors (Lipinski definition) is 1. The van der Waals surface area contributed by atoms with E-state index in [0.717, 1.165) is 55.4 Å². The van der Waals surface area contributed by atoms with Gasteiger partial charge in [-0.1, -0.05) is 103 Å². The largest absolute Gasteiger partial charge is 0.320 e. The van der Waals surface area contributed by atoms with Crippen molar-refractivity contribution >= 4 is 55.0 Å². The molecule has 9 aromatic rings. The fourth-order valence-electron chi connectivity index (χ4n) is 7.33. The standard InChI is InChI=1S/C45H25N5/c1-47-33-21-24-35(44(27-33)50-43-25-14-29(28-46)26-39(43)38-10-7-11-40(48-2)45(38)50)32-17-15-30(16-18-32)31-19-22-34(23-20-31)49-41-12-5-3-8-36(41)37-9-4-6-13-42(37)49/h3-27H. The highest BCUT2D eigenvalue weighted by Crippen LogP contribution is 2.42. The fourth-order valence-corrected chi connectivity index (χ4v) is 7.33. The van der Waals surface area contributed by atoms with E-state index in [-0.39, 0.29) is 0 Å². The summed E-state index contributed by atoms with van der Waals surface area (Å²) in [4.78, 5) is 7.62. The van der Waals surface area contributed by atoms with E-state index in [1.165, 1.54) is 21.8 Å². The van der Waals surface area contributed by atoms with Gasteiger partial charge in [0.1, 0.15) is 0 Å². The van der Waals surface area contributed by atoms with E-state index >= 15 is 0 Å². The van der Waals surface area contributed by atoms with Crippen molar-refractivity contribution in [2.24, 2.45) is 0 Å². The summed E-state index contributed by atoms with van der Waals surface area (Å²) in [6.45, 7) is 15.8. The summed E-state index contributed by atoms with van der Waals surface area (Å²) in [5.74, 6) is 0. The van der Waals surface area contributed by atoms with E-state index in [1.807, 2.05) is 48.5 Å². The molecule has 0 radical (unpaired) electrons. The Hall–Kier alpha value is -7.39. The molecule has 0 atom stereocenters. The molecule has 9 rings (SSSR count). The minimum absolute atomic E-state index is 0.507. The van der Waals surface area contributed by atoms with Gasteiger partial charge in [-0.05, 0) is 70.6 Å². The first-order chi connectivity index (χ1) is 24.7. The first-order valence-electron chi connectivity index (χ1n) is 16.2. The molecule has 230 valence electrons. The zero-order valence-corrected chi connectivity index (χ0v) is 26.7. The molecule has 0 aliphatic heterocycles. The summed E-state index contributed by atoms with van der Waals surface area (Å²) in [7, 11) is 0. The molecule has 0 unspecified atom stereocenters. The Morgan fingerprint density at radius 1 is 0.500 bits per heavy atom. The predicted octanol–water partition coefficient (Wildman–Crippen LogP) is 12.2. The van der Waals surface area contributed by atoms with E-state index in [2.05, 4.69) is 122 Å². The number of fused-ring (bicyclic) bond motifs is 6. The van der Waals surface area contributed by atoms with Crippen molar-refractivity contribution in [3.63, 3.8) is 0 Å². The molecule has 2 aromatic heterocycles. The second kappa shape index (κ2) is 11.4. The number of rotatable bonds is 4. The van der Waals surface area contributed by atoms with Gasteiger partial charge >= 0.3 is 0 Å². The molecule has 0 aliphatic carbocycles. The summed E-state index contributed by atoms with van der Waals surface area (Å²) in [6, 6.07) is 53.5. The van der Waals surface area contributed by atoms with Crippen molar-refractivity contribution in [3.05, 3.63) is 180 Å². The van der Waals surface area contributed by atoms with Crippen LogP contribution in [0, 0.1) is 24.5 Å². The van der Waals surface area contributed by atoms with Crippen molar-refractivity contribution in [1.82, 2.24) is 9.13 Å². The number of para-hydroxylation sites is 3. The molecule has 0 spiro atoms. The van der Waals surface area contributed by atoms with E-state index in [4.69, 9.17) is 13.1 Å². The van der Waals surface area contributed by atoms with Crippen LogP contribution >= 0.6 is 0 Å². The number of benzene rings is 7. The van der Waals surface area contributed by atoms with Crippen LogP contribution in [0.2, 0.25) is 0 Å². The Balaban J connectivity index is 1.15. The average Bonchev–Trinajstić information content (AvgIpc) is 3.70. The third-order valence-corrected chi connectivity index (χ3v) is 9.60. The number of nitriles is 1. The molecule has 0 saturated heterocycles. The summed E-state index contributed by atoms with van der Waals surface area (Å²) in [5, 5.41) is 13.9. The van der Waals surface area contributed by atoms with Crippen LogP contribution in [0.4, 0.5) is 11.4 Å². The highest BCUT2D eigenvalue weighted by atomic mass is 15.0. The van der Waals surface area contributed by atoms with Crippen molar-refractivity contribution in [2.45, 2.75) is 0 Å². The number of hydrogen-bond donors (Lipinski definition) is 0. The lowest BCUT2D eigenvalue weighted by Gasteiger charge is -2.16. The Bertz CT molecular complexity index is 2890. The molecule has 0 bridgehead atoms. The summed E-state index contributed by atoms with van der Waals surface area (Å²) >= 11 is 0. The van der Waals surface area contributed by atoms with Crippen LogP contribution in [0.1, 0.15) is 5.56 Å². The predicted molar refractivity (Wildman–Crippen MR) is 203 cm³/mol. The Morgan fingerprint density at radius 2 is 1.12 bits per heavy atom. The van der Waals surface area contributed by atoms with Crippen LogP contribution in [-0.2, 0) is 0 Å². The fraction of sp³-hybridized carbons (Fsp3) is 0. The van der Waals surface area contributed by atoms with Gasteiger partial charge in [-0.2, -0.15) is 5.26 Å². The SMILES string of the molecule is [C-]#[N+]c1ccc(-c2ccc(-c3ccc(-n4c5ccccc5c5ccccc54)cc3)cc2)c(-n2c3ccc(C#N)cc3c3cccc([N+]#[C-])c32)c1. The topological polar surface area (TPSA) is 42.4 Å². The van der Waals surface area contributed by atoms with Crippen molar-refractivity contribution in [3.8, 4) is 39.7 Å². The highest BCUT2D eigenvalue weighted by molar-refractivity contribution is 6.14. The van der Waals surface area contributed by atoms with Crippen LogP contribution in [0.5, 0.6) is 0 Å². The molecule has 5 heteroatoms. The zero-order chi connectivity index (χ0) is 33.8. The van der Waals surface area contributed by atoms with Crippen LogP contribution in [-0.4, -0.2) is 9.13 Å². The molecule has 5 nitrogen and oxygen atoms in total. The van der Waals surface area contributed by atoms with Crippen molar-refractivity contribution in [1.29, 1.82) is 5.26 Å². The Morgan fingerprint density at radius 3 is 1.78 bits per heavy atom. The van der Waals surface area contributed by atoms with Gasteiger partial charge in [-0.15, -0.1) is 0 Å². The number of nitrogens with zero attached hydrogens (tertiary/aromatic N) is 5. The quantitative estimate of drug-likeness (QED) is 0.177. The van der Waals surface area contributed by atoms with Gasteiger partial charge in [-0.3, -0.25) is 0 Å². The normalized spacial score (nSPS) is 11.1. The van der Waals surface area contributed by atoms with Gasteiger partial charge in [0.25, 0.3) is 0 Å². The lowest BCUT2D eigenvalue weighted by Crippen LogP contribution is -1.97. The lowest BCUT2D eigenvalue weighted by molar-refractivity contribution is 1.18. The van der Waals surface area contributed by atoms with E-state index in [9.17, 15) is 5.26 Å². The highest BCUT2D eigenvalue weighted by Gasteiger charge is 2.19. The van der Waals surface area contributed by atoms with Gasteiger partial charge in [-0.25, -0.2) is 9.69 Å². The second-order valence-electron chi connectivity index (χ2n) is 12.3. The minimum Gasteiger partial charge on any atom is -0.320 e. The molecule has 50 heavy (non-hydrogen) atoms. The van der Waals surface area contributed by atoms with E-state index in [0.29, 0.717) is 16.9 Å². The van der Waals surface area contributed by atoms with Crippen LogP contribution in [0.15, 0.2) is 152 Å². The van der Waals surface area contributed by atoms with Gasteiger partial charge in [0.05, 0.1) is 46.8 Å². The smallest absolute Gasteiger partial charge is 0.211 e. The minimum atomic E-state index is 0.507. The van der Waals surface area contributed by atoms with Crippen LogP contribution in [0.25, 0.3) is 86.9 Å². The Kier molecular flexibility index (Phi) is 6.56. The molecule has 0 amide bonds.